The molecule has 2 aliphatic rings. The summed E-state index contributed by atoms with van der Waals surface area (Å²) in [5.41, 5.74) is 4.39. The molecule has 2 heterocycles. The van der Waals surface area contributed by atoms with Crippen molar-refractivity contribution in [3.8, 4) is 17.2 Å². The SMILES string of the molecule is O=C(CN1CCN(CC(O)COc2ccc3oc(-c4ccccc4)nc3c2)CC1)NC1c2ccccc2CC1O. The van der Waals surface area contributed by atoms with Crippen LogP contribution in [0.3, 0.4) is 0 Å². The second-order valence-electron chi connectivity index (χ2n) is 10.6. The average Bonchev–Trinajstić information content (AvgIpc) is 3.54. The lowest BCUT2D eigenvalue weighted by atomic mass is 10.1. The Hall–Kier alpha value is -3.76. The van der Waals surface area contributed by atoms with Gasteiger partial charge in [-0.3, -0.25) is 14.6 Å². The number of piperazine rings is 1. The molecule has 0 spiro atoms. The fraction of sp³-hybridized carbons (Fsp3) is 0.355. The number of aliphatic hydroxyl groups excluding tert-OH is 2. The molecule has 40 heavy (non-hydrogen) atoms. The molecule has 1 aliphatic carbocycles. The Morgan fingerprint density at radius 1 is 1.02 bits per heavy atom. The van der Waals surface area contributed by atoms with Crippen LogP contribution in [-0.4, -0.2) is 89.0 Å². The van der Waals surface area contributed by atoms with Gasteiger partial charge in [-0.2, -0.15) is 0 Å². The van der Waals surface area contributed by atoms with E-state index < -0.39 is 12.2 Å². The number of aromatic nitrogens is 1. The molecule has 0 saturated carbocycles. The maximum absolute atomic E-state index is 12.7. The van der Waals surface area contributed by atoms with Gasteiger partial charge in [-0.05, 0) is 35.4 Å². The molecular formula is C31H34N4O5. The van der Waals surface area contributed by atoms with Crippen LogP contribution in [0, 0.1) is 0 Å². The Morgan fingerprint density at radius 2 is 1.77 bits per heavy atom. The molecule has 9 heteroatoms. The molecule has 208 valence electrons. The summed E-state index contributed by atoms with van der Waals surface area (Å²) in [6, 6.07) is 22.7. The molecule has 3 aromatic carbocycles. The predicted octanol–water partition coefficient (Wildman–Crippen LogP) is 2.63. The van der Waals surface area contributed by atoms with Crippen LogP contribution >= 0.6 is 0 Å². The summed E-state index contributed by atoms with van der Waals surface area (Å²) >= 11 is 0. The van der Waals surface area contributed by atoms with Gasteiger partial charge in [0.05, 0.1) is 18.7 Å². The van der Waals surface area contributed by atoms with E-state index in [1.807, 2.05) is 72.8 Å². The number of nitrogens with zero attached hydrogens (tertiary/aromatic N) is 3. The molecule has 0 bridgehead atoms. The molecular weight excluding hydrogens is 508 g/mol. The molecule has 1 fully saturated rings. The van der Waals surface area contributed by atoms with Crippen LogP contribution in [-0.2, 0) is 11.2 Å². The van der Waals surface area contributed by atoms with Crippen LogP contribution in [0.25, 0.3) is 22.6 Å². The number of hydrogen-bond acceptors (Lipinski definition) is 8. The predicted molar refractivity (Wildman–Crippen MR) is 151 cm³/mol. The second-order valence-corrected chi connectivity index (χ2v) is 10.6. The molecule has 1 aromatic heterocycles. The maximum atomic E-state index is 12.7. The zero-order valence-corrected chi connectivity index (χ0v) is 22.3. The number of hydrogen-bond donors (Lipinski definition) is 3. The summed E-state index contributed by atoms with van der Waals surface area (Å²) in [6.07, 6.45) is -0.672. The largest absolute Gasteiger partial charge is 0.491 e. The normalized spacial score (nSPS) is 20.4. The molecule has 1 amide bonds. The van der Waals surface area contributed by atoms with Gasteiger partial charge in [0.15, 0.2) is 5.58 Å². The van der Waals surface area contributed by atoms with Gasteiger partial charge in [-0.25, -0.2) is 4.98 Å². The molecule has 9 nitrogen and oxygen atoms in total. The van der Waals surface area contributed by atoms with Crippen LogP contribution in [0.2, 0.25) is 0 Å². The first-order valence-electron chi connectivity index (χ1n) is 13.8. The first kappa shape index (κ1) is 26.5. The van der Waals surface area contributed by atoms with Gasteiger partial charge in [0.2, 0.25) is 11.8 Å². The van der Waals surface area contributed by atoms with Crippen LogP contribution in [0.5, 0.6) is 5.75 Å². The minimum Gasteiger partial charge on any atom is -0.491 e. The zero-order chi connectivity index (χ0) is 27.5. The third-order valence-corrected chi connectivity index (χ3v) is 7.64. The summed E-state index contributed by atoms with van der Waals surface area (Å²) in [4.78, 5) is 21.6. The zero-order valence-electron chi connectivity index (χ0n) is 22.3. The van der Waals surface area contributed by atoms with Gasteiger partial charge < -0.3 is 24.7 Å². The topological polar surface area (TPSA) is 111 Å². The number of fused-ring (bicyclic) bond motifs is 2. The Labute approximate surface area is 233 Å². The summed E-state index contributed by atoms with van der Waals surface area (Å²) in [7, 11) is 0. The highest BCUT2D eigenvalue weighted by Gasteiger charge is 2.32. The summed E-state index contributed by atoms with van der Waals surface area (Å²) in [5, 5.41) is 24.0. The summed E-state index contributed by atoms with van der Waals surface area (Å²) in [6.45, 7) is 3.94. The summed E-state index contributed by atoms with van der Waals surface area (Å²) < 4.78 is 11.7. The van der Waals surface area contributed by atoms with E-state index in [2.05, 4.69) is 20.1 Å². The number of carbonyl (C=O) groups excluding carboxylic acids is 1. The van der Waals surface area contributed by atoms with Crippen LogP contribution in [0.4, 0.5) is 0 Å². The maximum Gasteiger partial charge on any atom is 0.234 e. The highest BCUT2D eigenvalue weighted by atomic mass is 16.5. The van der Waals surface area contributed by atoms with Crippen LogP contribution < -0.4 is 10.1 Å². The van der Waals surface area contributed by atoms with Crippen molar-refractivity contribution >= 4 is 17.0 Å². The lowest BCUT2D eigenvalue weighted by molar-refractivity contribution is -0.124. The van der Waals surface area contributed by atoms with E-state index in [9.17, 15) is 15.0 Å². The smallest absolute Gasteiger partial charge is 0.234 e. The number of aliphatic hydroxyl groups is 2. The van der Waals surface area contributed by atoms with Crippen molar-refractivity contribution in [3.63, 3.8) is 0 Å². The molecule has 6 rings (SSSR count). The van der Waals surface area contributed by atoms with Crippen molar-refractivity contribution in [2.75, 3.05) is 45.9 Å². The van der Waals surface area contributed by atoms with E-state index >= 15 is 0 Å². The standard InChI is InChI=1S/C31H34N4O5/c36-23(20-39-24-10-11-28-26(17-24)32-31(40-28)21-6-2-1-3-7-21)18-34-12-14-35(15-13-34)19-29(38)33-30-25-9-5-4-8-22(25)16-27(30)37/h1-11,17,23,27,30,36-37H,12-16,18-20H2,(H,33,38). The van der Waals surface area contributed by atoms with Crippen molar-refractivity contribution in [1.29, 1.82) is 0 Å². The first-order chi connectivity index (χ1) is 19.5. The van der Waals surface area contributed by atoms with Crippen molar-refractivity contribution in [1.82, 2.24) is 20.1 Å². The number of ether oxygens (including phenoxy) is 1. The number of β-amino-alcohol motifs (C(OH)–C–C–N with tert-alkyl or cyclic N) is 1. The van der Waals surface area contributed by atoms with Gasteiger partial charge >= 0.3 is 0 Å². The van der Waals surface area contributed by atoms with E-state index in [-0.39, 0.29) is 18.6 Å². The third-order valence-electron chi connectivity index (χ3n) is 7.64. The first-order valence-corrected chi connectivity index (χ1v) is 13.8. The lowest BCUT2D eigenvalue weighted by Gasteiger charge is -2.35. The van der Waals surface area contributed by atoms with E-state index in [4.69, 9.17) is 9.15 Å². The molecule has 0 radical (unpaired) electrons. The number of rotatable bonds is 9. The van der Waals surface area contributed by atoms with Gasteiger partial charge in [-0.1, -0.05) is 42.5 Å². The number of amides is 1. The van der Waals surface area contributed by atoms with Crippen LogP contribution in [0.15, 0.2) is 77.2 Å². The van der Waals surface area contributed by atoms with Gasteiger partial charge in [0.25, 0.3) is 0 Å². The minimum atomic E-state index is -0.647. The fourth-order valence-corrected chi connectivity index (χ4v) is 5.54. The van der Waals surface area contributed by atoms with Crippen molar-refractivity contribution in [3.05, 3.63) is 83.9 Å². The monoisotopic (exact) mass is 542 g/mol. The van der Waals surface area contributed by atoms with E-state index in [0.29, 0.717) is 42.3 Å². The molecule has 1 saturated heterocycles. The summed E-state index contributed by atoms with van der Waals surface area (Å²) in [5.74, 6) is 1.11. The molecule has 1 aliphatic heterocycles. The Bertz CT molecular complexity index is 1450. The second kappa shape index (κ2) is 11.8. The van der Waals surface area contributed by atoms with E-state index in [1.54, 1.807) is 0 Å². The van der Waals surface area contributed by atoms with E-state index in [1.165, 1.54) is 0 Å². The van der Waals surface area contributed by atoms with Gasteiger partial charge in [0.1, 0.15) is 24.0 Å². The fourth-order valence-electron chi connectivity index (χ4n) is 5.54. The molecule has 3 N–H and O–H groups in total. The molecule has 4 aromatic rings. The third kappa shape index (κ3) is 6.03. The van der Waals surface area contributed by atoms with Crippen molar-refractivity contribution in [2.45, 2.75) is 24.7 Å². The highest BCUT2D eigenvalue weighted by Crippen LogP contribution is 2.31. The number of carbonyl (C=O) groups is 1. The molecule has 3 atom stereocenters. The number of benzene rings is 3. The van der Waals surface area contributed by atoms with Crippen LogP contribution in [0.1, 0.15) is 17.2 Å². The van der Waals surface area contributed by atoms with Gasteiger partial charge in [0, 0.05) is 50.8 Å². The van der Waals surface area contributed by atoms with Gasteiger partial charge in [-0.15, -0.1) is 0 Å². The molecule has 3 unspecified atom stereocenters. The quantitative estimate of drug-likeness (QED) is 0.296. The van der Waals surface area contributed by atoms with Crippen molar-refractivity contribution < 1.29 is 24.2 Å². The number of nitrogens with one attached hydrogen (secondary N) is 1. The Kier molecular flexibility index (Phi) is 7.79. The Morgan fingerprint density at radius 3 is 2.60 bits per heavy atom. The van der Waals surface area contributed by atoms with E-state index in [0.717, 1.165) is 42.9 Å². The average molecular weight is 543 g/mol. The Balaban J connectivity index is 0.935. The lowest BCUT2D eigenvalue weighted by Crippen LogP contribution is -2.51. The highest BCUT2D eigenvalue weighted by molar-refractivity contribution is 5.79. The van der Waals surface area contributed by atoms with Crippen molar-refractivity contribution in [2.24, 2.45) is 0 Å². The number of oxazole rings is 1. The minimum absolute atomic E-state index is 0.0809.